The van der Waals surface area contributed by atoms with Gasteiger partial charge >= 0.3 is 0 Å². The van der Waals surface area contributed by atoms with Crippen molar-refractivity contribution in [3.63, 3.8) is 0 Å². The minimum atomic E-state index is -0.268. The van der Waals surface area contributed by atoms with E-state index in [0.29, 0.717) is 11.3 Å². The van der Waals surface area contributed by atoms with Crippen LogP contribution in [0.4, 0.5) is 5.69 Å². The van der Waals surface area contributed by atoms with Crippen LogP contribution in [0.5, 0.6) is 0 Å². The lowest BCUT2D eigenvalue weighted by Gasteiger charge is -2.35. The number of benzene rings is 1. The molecule has 2 rings (SSSR count). The molecule has 0 bridgehead atoms. The standard InChI is InChI=1S/C19H30N4O2/c1-13(14(2)20)18(24)21-16-9-7-15(8-10-16)19(25)23(4)17-6-5-11-22(3)12-17/h7-10,13-14,17H,5-6,11-12,20H2,1-4H3,(H,21,24). The Morgan fingerprint density at radius 3 is 2.48 bits per heavy atom. The third-order valence-electron chi connectivity index (χ3n) is 5.07. The quantitative estimate of drug-likeness (QED) is 0.852. The zero-order chi connectivity index (χ0) is 18.6. The SMILES string of the molecule is CC(N)C(C)C(=O)Nc1ccc(C(=O)N(C)C2CCCN(C)C2)cc1. The van der Waals surface area contributed by atoms with E-state index in [2.05, 4.69) is 17.3 Å². The number of nitrogens with two attached hydrogens (primary N) is 1. The molecule has 1 saturated heterocycles. The molecule has 138 valence electrons. The first-order valence-corrected chi connectivity index (χ1v) is 8.91. The molecule has 6 heteroatoms. The van der Waals surface area contributed by atoms with Crippen molar-refractivity contribution in [2.45, 2.75) is 38.8 Å². The van der Waals surface area contributed by atoms with Crippen LogP contribution in [-0.2, 0) is 4.79 Å². The summed E-state index contributed by atoms with van der Waals surface area (Å²) in [7, 11) is 3.96. The minimum Gasteiger partial charge on any atom is -0.337 e. The predicted octanol–water partition coefficient (Wildman–Crippen LogP) is 1.77. The Kier molecular flexibility index (Phi) is 6.56. The average molecular weight is 346 g/mol. The van der Waals surface area contributed by atoms with E-state index in [1.165, 1.54) is 0 Å². The second-order valence-corrected chi connectivity index (χ2v) is 7.19. The molecule has 0 aromatic heterocycles. The lowest BCUT2D eigenvalue weighted by atomic mass is 10.0. The van der Waals surface area contributed by atoms with Gasteiger partial charge in [-0.1, -0.05) is 6.92 Å². The molecule has 1 aromatic carbocycles. The highest BCUT2D eigenvalue weighted by molar-refractivity contribution is 5.96. The van der Waals surface area contributed by atoms with Gasteiger partial charge in [0.25, 0.3) is 5.91 Å². The molecule has 25 heavy (non-hydrogen) atoms. The summed E-state index contributed by atoms with van der Waals surface area (Å²) in [6.45, 7) is 5.61. The Bertz CT molecular complexity index is 600. The van der Waals surface area contributed by atoms with Crippen molar-refractivity contribution in [2.24, 2.45) is 11.7 Å². The molecule has 0 aliphatic carbocycles. The number of piperidine rings is 1. The molecule has 1 heterocycles. The van der Waals surface area contributed by atoms with Gasteiger partial charge in [-0.05, 0) is 57.6 Å². The molecule has 3 unspecified atom stereocenters. The predicted molar refractivity (Wildman–Crippen MR) is 100 cm³/mol. The second kappa shape index (κ2) is 8.45. The highest BCUT2D eigenvalue weighted by Crippen LogP contribution is 2.18. The number of carbonyl (C=O) groups excluding carboxylic acids is 2. The van der Waals surface area contributed by atoms with Gasteiger partial charge < -0.3 is 20.9 Å². The van der Waals surface area contributed by atoms with Crippen molar-refractivity contribution in [3.05, 3.63) is 29.8 Å². The van der Waals surface area contributed by atoms with Crippen molar-refractivity contribution in [1.82, 2.24) is 9.80 Å². The van der Waals surface area contributed by atoms with E-state index in [4.69, 9.17) is 5.73 Å². The zero-order valence-electron chi connectivity index (χ0n) is 15.7. The molecule has 0 spiro atoms. The summed E-state index contributed by atoms with van der Waals surface area (Å²) in [6.07, 6.45) is 2.15. The van der Waals surface area contributed by atoms with Crippen molar-refractivity contribution >= 4 is 17.5 Å². The number of rotatable bonds is 5. The largest absolute Gasteiger partial charge is 0.337 e. The first kappa shape index (κ1) is 19.4. The van der Waals surface area contributed by atoms with E-state index in [1.54, 1.807) is 31.2 Å². The normalized spacial score (nSPS) is 20.6. The van der Waals surface area contributed by atoms with E-state index >= 15 is 0 Å². The van der Waals surface area contributed by atoms with Crippen LogP contribution in [0, 0.1) is 5.92 Å². The maximum Gasteiger partial charge on any atom is 0.253 e. The summed E-state index contributed by atoms with van der Waals surface area (Å²) in [5.41, 5.74) is 7.06. The number of likely N-dealkylation sites (tertiary alicyclic amines) is 1. The molecular formula is C19H30N4O2. The lowest BCUT2D eigenvalue weighted by Crippen LogP contribution is -2.47. The van der Waals surface area contributed by atoms with Crippen molar-refractivity contribution in [2.75, 3.05) is 32.5 Å². The molecule has 0 saturated carbocycles. The zero-order valence-corrected chi connectivity index (χ0v) is 15.7. The van der Waals surface area contributed by atoms with Gasteiger partial charge in [-0.2, -0.15) is 0 Å². The number of amides is 2. The van der Waals surface area contributed by atoms with Gasteiger partial charge in [-0.15, -0.1) is 0 Å². The van der Waals surface area contributed by atoms with Crippen LogP contribution < -0.4 is 11.1 Å². The molecule has 1 aromatic rings. The third-order valence-corrected chi connectivity index (χ3v) is 5.07. The van der Waals surface area contributed by atoms with E-state index in [-0.39, 0.29) is 29.8 Å². The van der Waals surface area contributed by atoms with Gasteiger partial charge in [0.2, 0.25) is 5.91 Å². The molecule has 3 N–H and O–H groups in total. The Morgan fingerprint density at radius 2 is 1.92 bits per heavy atom. The maximum atomic E-state index is 12.7. The Balaban J connectivity index is 1.99. The molecule has 1 fully saturated rings. The topological polar surface area (TPSA) is 78.7 Å². The van der Waals surface area contributed by atoms with E-state index < -0.39 is 0 Å². The van der Waals surface area contributed by atoms with Crippen molar-refractivity contribution in [3.8, 4) is 0 Å². The number of anilines is 1. The smallest absolute Gasteiger partial charge is 0.253 e. The molecular weight excluding hydrogens is 316 g/mol. The van der Waals surface area contributed by atoms with Crippen LogP contribution >= 0.6 is 0 Å². The van der Waals surface area contributed by atoms with Crippen LogP contribution in [0.3, 0.4) is 0 Å². The van der Waals surface area contributed by atoms with E-state index in [9.17, 15) is 9.59 Å². The van der Waals surface area contributed by atoms with Crippen LogP contribution in [0.2, 0.25) is 0 Å². The van der Waals surface area contributed by atoms with Gasteiger partial charge in [-0.3, -0.25) is 9.59 Å². The van der Waals surface area contributed by atoms with Gasteiger partial charge in [0.15, 0.2) is 0 Å². The van der Waals surface area contributed by atoms with Crippen LogP contribution in [0.15, 0.2) is 24.3 Å². The number of nitrogens with zero attached hydrogens (tertiary/aromatic N) is 2. The second-order valence-electron chi connectivity index (χ2n) is 7.19. The summed E-state index contributed by atoms with van der Waals surface area (Å²) >= 11 is 0. The summed E-state index contributed by atoms with van der Waals surface area (Å²) < 4.78 is 0. The fourth-order valence-electron chi connectivity index (χ4n) is 3.02. The summed E-state index contributed by atoms with van der Waals surface area (Å²) in [6, 6.07) is 7.09. The monoisotopic (exact) mass is 346 g/mol. The lowest BCUT2D eigenvalue weighted by molar-refractivity contribution is -0.119. The highest BCUT2D eigenvalue weighted by atomic mass is 16.2. The molecule has 2 amide bonds. The summed E-state index contributed by atoms with van der Waals surface area (Å²) in [5.74, 6) is -0.366. The first-order chi connectivity index (χ1) is 11.8. The van der Waals surface area contributed by atoms with Crippen LogP contribution in [-0.4, -0.2) is 60.9 Å². The van der Waals surface area contributed by atoms with Gasteiger partial charge in [0.05, 0.1) is 5.92 Å². The van der Waals surface area contributed by atoms with Gasteiger partial charge in [0, 0.05) is 36.9 Å². The minimum absolute atomic E-state index is 0.0159. The number of hydrogen-bond acceptors (Lipinski definition) is 4. The van der Waals surface area contributed by atoms with E-state index in [1.807, 2.05) is 18.9 Å². The van der Waals surface area contributed by atoms with Gasteiger partial charge in [-0.25, -0.2) is 0 Å². The fraction of sp³-hybridized carbons (Fsp3) is 0.579. The van der Waals surface area contributed by atoms with Crippen LogP contribution in [0.1, 0.15) is 37.0 Å². The summed E-state index contributed by atoms with van der Waals surface area (Å²) in [5, 5.41) is 2.84. The molecule has 0 radical (unpaired) electrons. The van der Waals surface area contributed by atoms with Crippen LogP contribution in [0.25, 0.3) is 0 Å². The fourth-order valence-corrected chi connectivity index (χ4v) is 3.02. The Labute approximate surface area is 150 Å². The average Bonchev–Trinajstić information content (AvgIpc) is 2.60. The first-order valence-electron chi connectivity index (χ1n) is 8.91. The number of carbonyl (C=O) groups is 2. The molecule has 3 atom stereocenters. The number of likely N-dealkylation sites (N-methyl/N-ethyl adjacent to an activating group) is 2. The highest BCUT2D eigenvalue weighted by Gasteiger charge is 2.25. The summed E-state index contributed by atoms with van der Waals surface area (Å²) in [4.78, 5) is 28.8. The van der Waals surface area contributed by atoms with Crippen molar-refractivity contribution in [1.29, 1.82) is 0 Å². The molecule has 1 aliphatic heterocycles. The molecule has 6 nitrogen and oxygen atoms in total. The van der Waals surface area contributed by atoms with Gasteiger partial charge in [0.1, 0.15) is 0 Å². The molecule has 1 aliphatic rings. The van der Waals surface area contributed by atoms with E-state index in [0.717, 1.165) is 25.9 Å². The number of hydrogen-bond donors (Lipinski definition) is 2. The Morgan fingerprint density at radius 1 is 1.28 bits per heavy atom. The van der Waals surface area contributed by atoms with Crippen molar-refractivity contribution < 1.29 is 9.59 Å². The maximum absolute atomic E-state index is 12.7. The Hall–Kier alpha value is -1.92. The third kappa shape index (κ3) is 5.03. The number of nitrogens with one attached hydrogen (secondary N) is 1.